The summed E-state index contributed by atoms with van der Waals surface area (Å²) in [5, 5.41) is 3.60. The molecule has 4 heteroatoms. The van der Waals surface area contributed by atoms with Gasteiger partial charge in [0.05, 0.1) is 25.9 Å². The van der Waals surface area contributed by atoms with E-state index in [1.165, 1.54) is 6.42 Å². The summed E-state index contributed by atoms with van der Waals surface area (Å²) < 4.78 is 11.2. The van der Waals surface area contributed by atoms with Crippen molar-refractivity contribution < 1.29 is 9.47 Å². The highest BCUT2D eigenvalue weighted by Gasteiger charge is 2.30. The first-order valence-electron chi connectivity index (χ1n) is 6.94. The maximum absolute atomic E-state index is 5.61. The maximum Gasteiger partial charge on any atom is 0.0674 e. The molecule has 0 radical (unpaired) electrons. The normalized spacial score (nSPS) is 35.3. The molecule has 3 unspecified atom stereocenters. The Morgan fingerprint density at radius 3 is 3.00 bits per heavy atom. The highest BCUT2D eigenvalue weighted by atomic mass is 16.5. The highest BCUT2D eigenvalue weighted by Crippen LogP contribution is 2.17. The zero-order chi connectivity index (χ0) is 12.1. The summed E-state index contributed by atoms with van der Waals surface area (Å²) in [5.74, 6) is 0.645. The molecule has 2 aliphatic rings. The summed E-state index contributed by atoms with van der Waals surface area (Å²) in [6, 6.07) is 0.549. The minimum absolute atomic E-state index is 0.383. The van der Waals surface area contributed by atoms with E-state index in [9.17, 15) is 0 Å². The van der Waals surface area contributed by atoms with Crippen LogP contribution in [0.3, 0.4) is 0 Å². The summed E-state index contributed by atoms with van der Waals surface area (Å²) >= 11 is 0. The molecular formula is C13H26N2O2. The van der Waals surface area contributed by atoms with Crippen LogP contribution >= 0.6 is 0 Å². The summed E-state index contributed by atoms with van der Waals surface area (Å²) in [5.41, 5.74) is 0. The van der Waals surface area contributed by atoms with Crippen LogP contribution in [0, 0.1) is 5.92 Å². The van der Waals surface area contributed by atoms with Gasteiger partial charge in [0.15, 0.2) is 0 Å². The molecule has 2 fully saturated rings. The zero-order valence-electron chi connectivity index (χ0n) is 11.2. The number of morpholine rings is 1. The smallest absolute Gasteiger partial charge is 0.0674 e. The fourth-order valence-corrected chi connectivity index (χ4v) is 2.72. The third kappa shape index (κ3) is 3.91. The average molecular weight is 242 g/mol. The summed E-state index contributed by atoms with van der Waals surface area (Å²) in [6.45, 7) is 11.4. The van der Waals surface area contributed by atoms with Gasteiger partial charge in [-0.3, -0.25) is 4.90 Å². The number of nitrogens with zero attached hydrogens (tertiary/aromatic N) is 1. The Labute approximate surface area is 105 Å². The van der Waals surface area contributed by atoms with Crippen molar-refractivity contribution in [2.45, 2.75) is 32.4 Å². The second-order valence-electron chi connectivity index (χ2n) is 5.30. The Kier molecular flexibility index (Phi) is 5.22. The van der Waals surface area contributed by atoms with Gasteiger partial charge in [0.1, 0.15) is 0 Å². The Balaban J connectivity index is 1.76. The Hall–Kier alpha value is -0.160. The second kappa shape index (κ2) is 6.69. The van der Waals surface area contributed by atoms with Crippen LogP contribution in [0.2, 0.25) is 0 Å². The van der Waals surface area contributed by atoms with Gasteiger partial charge >= 0.3 is 0 Å². The average Bonchev–Trinajstić information content (AvgIpc) is 2.74. The van der Waals surface area contributed by atoms with E-state index in [1.54, 1.807) is 0 Å². The van der Waals surface area contributed by atoms with Gasteiger partial charge in [-0.1, -0.05) is 6.92 Å². The monoisotopic (exact) mass is 242 g/mol. The number of ether oxygens (including phenoxy) is 2. The van der Waals surface area contributed by atoms with E-state index in [1.807, 2.05) is 0 Å². The first kappa shape index (κ1) is 13.3. The lowest BCUT2D eigenvalue weighted by Crippen LogP contribution is -2.47. The molecule has 100 valence electrons. The van der Waals surface area contributed by atoms with Crippen molar-refractivity contribution in [3.05, 3.63) is 0 Å². The van der Waals surface area contributed by atoms with Gasteiger partial charge in [0, 0.05) is 31.6 Å². The molecule has 2 aliphatic heterocycles. The first-order chi connectivity index (χ1) is 8.29. The third-order valence-corrected chi connectivity index (χ3v) is 3.67. The number of hydrogen-bond donors (Lipinski definition) is 1. The standard InChI is InChI=1S/C13H26N2O2/c1-3-4-14-13-10-16-9-12(13)8-15-5-6-17-11(2)7-15/h11-14H,3-10H2,1-2H3. The van der Waals surface area contributed by atoms with E-state index in [-0.39, 0.29) is 0 Å². The van der Waals surface area contributed by atoms with Crippen molar-refractivity contribution in [3.8, 4) is 0 Å². The van der Waals surface area contributed by atoms with Crippen LogP contribution in [0.15, 0.2) is 0 Å². The number of hydrogen-bond acceptors (Lipinski definition) is 4. The largest absolute Gasteiger partial charge is 0.379 e. The molecule has 3 atom stereocenters. The quantitative estimate of drug-likeness (QED) is 0.770. The molecule has 0 aromatic rings. The molecule has 2 saturated heterocycles. The predicted octanol–water partition coefficient (Wildman–Crippen LogP) is 0.722. The molecule has 17 heavy (non-hydrogen) atoms. The molecule has 0 aromatic carbocycles. The van der Waals surface area contributed by atoms with Gasteiger partial charge in [-0.15, -0.1) is 0 Å². The summed E-state index contributed by atoms with van der Waals surface area (Å²) in [4.78, 5) is 2.52. The number of nitrogens with one attached hydrogen (secondary N) is 1. The van der Waals surface area contributed by atoms with Crippen molar-refractivity contribution in [3.63, 3.8) is 0 Å². The van der Waals surface area contributed by atoms with Gasteiger partial charge in [0.2, 0.25) is 0 Å². The minimum Gasteiger partial charge on any atom is -0.379 e. The molecule has 1 N–H and O–H groups in total. The van der Waals surface area contributed by atoms with Gasteiger partial charge in [-0.05, 0) is 19.9 Å². The van der Waals surface area contributed by atoms with E-state index in [0.29, 0.717) is 18.1 Å². The van der Waals surface area contributed by atoms with Gasteiger partial charge < -0.3 is 14.8 Å². The molecule has 0 bridgehead atoms. The maximum atomic E-state index is 5.61. The van der Waals surface area contributed by atoms with Crippen molar-refractivity contribution in [2.75, 3.05) is 46.0 Å². The summed E-state index contributed by atoms with van der Waals surface area (Å²) in [6.07, 6.45) is 1.57. The van der Waals surface area contributed by atoms with E-state index >= 15 is 0 Å². The lowest BCUT2D eigenvalue weighted by molar-refractivity contribution is -0.0241. The SMILES string of the molecule is CCCNC1COCC1CN1CCOC(C)C1. The van der Waals surface area contributed by atoms with Gasteiger partial charge in [0.25, 0.3) is 0 Å². The fourth-order valence-electron chi connectivity index (χ4n) is 2.72. The van der Waals surface area contributed by atoms with Crippen LogP contribution in [0.1, 0.15) is 20.3 Å². The van der Waals surface area contributed by atoms with E-state index < -0.39 is 0 Å². The van der Waals surface area contributed by atoms with Crippen molar-refractivity contribution in [1.29, 1.82) is 0 Å². The van der Waals surface area contributed by atoms with Crippen LogP contribution < -0.4 is 5.32 Å². The molecule has 0 saturated carbocycles. The minimum atomic E-state index is 0.383. The first-order valence-corrected chi connectivity index (χ1v) is 6.94. The van der Waals surface area contributed by atoms with Crippen LogP contribution in [0.25, 0.3) is 0 Å². The van der Waals surface area contributed by atoms with Crippen LogP contribution in [0.5, 0.6) is 0 Å². The van der Waals surface area contributed by atoms with Crippen molar-refractivity contribution in [1.82, 2.24) is 10.2 Å². The molecule has 0 amide bonds. The lowest BCUT2D eigenvalue weighted by Gasteiger charge is -2.33. The molecule has 2 rings (SSSR count). The van der Waals surface area contributed by atoms with Gasteiger partial charge in [-0.25, -0.2) is 0 Å². The van der Waals surface area contributed by atoms with E-state index in [4.69, 9.17) is 9.47 Å². The van der Waals surface area contributed by atoms with Crippen LogP contribution in [-0.2, 0) is 9.47 Å². The second-order valence-corrected chi connectivity index (χ2v) is 5.30. The molecule has 4 nitrogen and oxygen atoms in total. The molecule has 0 aliphatic carbocycles. The topological polar surface area (TPSA) is 33.7 Å². The summed E-state index contributed by atoms with van der Waals surface area (Å²) in [7, 11) is 0. The van der Waals surface area contributed by atoms with Crippen LogP contribution in [0.4, 0.5) is 0 Å². The van der Waals surface area contributed by atoms with E-state index in [0.717, 1.165) is 46.0 Å². The molecular weight excluding hydrogens is 216 g/mol. The fraction of sp³-hybridized carbons (Fsp3) is 1.00. The zero-order valence-corrected chi connectivity index (χ0v) is 11.2. The van der Waals surface area contributed by atoms with E-state index in [2.05, 4.69) is 24.1 Å². The van der Waals surface area contributed by atoms with Gasteiger partial charge in [-0.2, -0.15) is 0 Å². The Morgan fingerprint density at radius 1 is 1.35 bits per heavy atom. The van der Waals surface area contributed by atoms with Crippen molar-refractivity contribution >= 4 is 0 Å². The highest BCUT2D eigenvalue weighted by molar-refractivity contribution is 4.84. The van der Waals surface area contributed by atoms with Crippen molar-refractivity contribution in [2.24, 2.45) is 5.92 Å². The molecule has 0 aromatic heterocycles. The predicted molar refractivity (Wildman–Crippen MR) is 68.2 cm³/mol. The lowest BCUT2D eigenvalue weighted by atomic mass is 10.0. The third-order valence-electron chi connectivity index (χ3n) is 3.67. The number of rotatable bonds is 5. The van der Waals surface area contributed by atoms with Crippen LogP contribution in [-0.4, -0.2) is 63.0 Å². The Bertz CT molecular complexity index is 225. The molecule has 2 heterocycles. The molecule has 0 spiro atoms. The Morgan fingerprint density at radius 2 is 2.24 bits per heavy atom.